The number of nitrogens with one attached hydrogen (secondary N) is 1. The normalized spacial score (nSPS) is 22.5. The molecule has 3 atom stereocenters. The van der Waals surface area contributed by atoms with Gasteiger partial charge in [-0.1, -0.05) is 72.2 Å². The molecular formula is C26H32N4O2. The Balaban J connectivity index is 1.51. The molecular weight excluding hydrogens is 400 g/mol. The number of nitrogens with zero attached hydrogens (tertiary/aromatic N) is 3. The van der Waals surface area contributed by atoms with Crippen LogP contribution in [0.15, 0.2) is 59.1 Å². The highest BCUT2D eigenvalue weighted by Gasteiger charge is 2.46. The lowest BCUT2D eigenvalue weighted by Gasteiger charge is -2.34. The number of benzene rings is 2. The Morgan fingerprint density at radius 1 is 1.22 bits per heavy atom. The Bertz CT molecular complexity index is 1080. The van der Waals surface area contributed by atoms with Crippen molar-refractivity contribution in [3.8, 4) is 11.4 Å². The molecule has 1 aromatic heterocycles. The first-order chi connectivity index (χ1) is 15.2. The lowest BCUT2D eigenvalue weighted by atomic mass is 9.88. The van der Waals surface area contributed by atoms with Gasteiger partial charge < -0.3 is 14.7 Å². The van der Waals surface area contributed by atoms with E-state index >= 15 is 0 Å². The monoisotopic (exact) mass is 432 g/mol. The van der Waals surface area contributed by atoms with Crippen LogP contribution in [0.3, 0.4) is 0 Å². The molecule has 0 aliphatic carbocycles. The molecule has 0 spiro atoms. The van der Waals surface area contributed by atoms with Gasteiger partial charge in [0.05, 0.1) is 11.0 Å². The number of aromatic nitrogens is 2. The summed E-state index contributed by atoms with van der Waals surface area (Å²) in [7, 11) is 0. The molecule has 0 saturated carbocycles. The van der Waals surface area contributed by atoms with Crippen molar-refractivity contribution < 1.29 is 9.32 Å². The zero-order valence-electron chi connectivity index (χ0n) is 19.6. The van der Waals surface area contributed by atoms with Crippen molar-refractivity contribution in [2.45, 2.75) is 64.5 Å². The van der Waals surface area contributed by atoms with Crippen LogP contribution in [0.1, 0.15) is 57.6 Å². The van der Waals surface area contributed by atoms with E-state index in [9.17, 15) is 4.79 Å². The Morgan fingerprint density at radius 3 is 2.56 bits per heavy atom. The van der Waals surface area contributed by atoms with E-state index < -0.39 is 5.54 Å². The third-order valence-electron chi connectivity index (χ3n) is 6.81. The third kappa shape index (κ3) is 4.14. The Kier molecular flexibility index (Phi) is 5.80. The van der Waals surface area contributed by atoms with Crippen LogP contribution in [-0.4, -0.2) is 33.7 Å². The van der Waals surface area contributed by atoms with E-state index in [1.165, 1.54) is 5.56 Å². The second kappa shape index (κ2) is 8.41. The van der Waals surface area contributed by atoms with Crippen molar-refractivity contribution in [1.29, 1.82) is 0 Å². The van der Waals surface area contributed by atoms with Crippen LogP contribution in [0.5, 0.6) is 0 Å². The van der Waals surface area contributed by atoms with Crippen molar-refractivity contribution in [2.75, 3.05) is 6.54 Å². The van der Waals surface area contributed by atoms with E-state index in [2.05, 4.69) is 74.3 Å². The van der Waals surface area contributed by atoms with Crippen molar-refractivity contribution in [3.63, 3.8) is 0 Å². The number of urea groups is 1. The molecule has 3 unspecified atom stereocenters. The first-order valence-corrected chi connectivity index (χ1v) is 11.3. The van der Waals surface area contributed by atoms with Crippen LogP contribution in [-0.2, 0) is 11.0 Å². The van der Waals surface area contributed by atoms with Gasteiger partial charge in [0.15, 0.2) is 0 Å². The number of amides is 2. The number of likely N-dealkylation sites (tertiary alicyclic amines) is 1. The number of aryl methyl sites for hydroxylation is 1. The van der Waals surface area contributed by atoms with Crippen molar-refractivity contribution >= 4 is 6.03 Å². The molecule has 1 N–H and O–H groups in total. The van der Waals surface area contributed by atoms with Crippen LogP contribution in [0.4, 0.5) is 4.79 Å². The summed E-state index contributed by atoms with van der Waals surface area (Å²) in [5, 5.41) is 7.48. The van der Waals surface area contributed by atoms with E-state index in [1.807, 2.05) is 35.2 Å². The summed E-state index contributed by atoms with van der Waals surface area (Å²) in [5.74, 6) is 1.16. The molecule has 0 bridgehead atoms. The lowest BCUT2D eigenvalue weighted by Crippen LogP contribution is -2.51. The predicted octanol–water partition coefficient (Wildman–Crippen LogP) is 5.43. The van der Waals surface area contributed by atoms with Crippen molar-refractivity contribution in [1.82, 2.24) is 20.4 Å². The molecule has 1 aliphatic heterocycles. The molecule has 1 fully saturated rings. The third-order valence-corrected chi connectivity index (χ3v) is 6.81. The van der Waals surface area contributed by atoms with Crippen molar-refractivity contribution in [2.24, 2.45) is 0 Å². The quantitative estimate of drug-likeness (QED) is 0.583. The minimum Gasteiger partial charge on any atom is -0.338 e. The first kappa shape index (κ1) is 22.1. The van der Waals surface area contributed by atoms with Gasteiger partial charge in [0.2, 0.25) is 11.7 Å². The average Bonchev–Trinajstić information content (AvgIpc) is 3.40. The summed E-state index contributed by atoms with van der Waals surface area (Å²) in [6.07, 6.45) is 1.57. The Morgan fingerprint density at radius 2 is 1.91 bits per heavy atom. The molecule has 2 amide bonds. The molecule has 0 radical (unpaired) electrons. The molecule has 1 aliphatic rings. The topological polar surface area (TPSA) is 71.3 Å². The Labute approximate surface area is 190 Å². The first-order valence-electron chi connectivity index (χ1n) is 11.3. The lowest BCUT2D eigenvalue weighted by molar-refractivity contribution is 0.178. The smallest absolute Gasteiger partial charge is 0.318 e. The molecule has 2 aromatic carbocycles. The minimum atomic E-state index is -0.436. The maximum absolute atomic E-state index is 13.4. The number of hydrogen-bond donors (Lipinski definition) is 1. The maximum Gasteiger partial charge on any atom is 0.318 e. The van der Waals surface area contributed by atoms with Gasteiger partial charge in [-0.2, -0.15) is 4.98 Å². The fourth-order valence-electron chi connectivity index (χ4n) is 4.55. The minimum absolute atomic E-state index is 0.0612. The van der Waals surface area contributed by atoms with Gasteiger partial charge >= 0.3 is 6.03 Å². The van der Waals surface area contributed by atoms with Gasteiger partial charge in [0.25, 0.3) is 0 Å². The standard InChI is InChI=1S/C26H32N4O2/c1-6-26(5,21-14-12-18(2)13-15-21)28-24(31)30-17-25(4,16-19(30)3)23-27-22(29-32-23)20-10-8-7-9-11-20/h7-15,19H,6,16-17H2,1-5H3,(H,28,31). The Hall–Kier alpha value is -3.15. The van der Waals surface area contributed by atoms with E-state index in [0.717, 1.165) is 24.0 Å². The summed E-state index contributed by atoms with van der Waals surface area (Å²) < 4.78 is 5.67. The second-order valence-electron chi connectivity index (χ2n) is 9.51. The molecule has 1 saturated heterocycles. The van der Waals surface area contributed by atoms with Gasteiger partial charge in [0.1, 0.15) is 0 Å². The molecule has 168 valence electrons. The summed E-state index contributed by atoms with van der Waals surface area (Å²) in [5.41, 5.74) is 2.41. The summed E-state index contributed by atoms with van der Waals surface area (Å²) in [6.45, 7) is 11.0. The van der Waals surface area contributed by atoms with E-state index in [1.54, 1.807) is 0 Å². The largest absolute Gasteiger partial charge is 0.338 e. The van der Waals surface area contributed by atoms with Gasteiger partial charge in [-0.05, 0) is 46.1 Å². The van der Waals surface area contributed by atoms with E-state index in [4.69, 9.17) is 4.52 Å². The van der Waals surface area contributed by atoms with Gasteiger partial charge in [-0.15, -0.1) is 0 Å². The van der Waals surface area contributed by atoms with Crippen LogP contribution < -0.4 is 5.32 Å². The van der Waals surface area contributed by atoms with Crippen LogP contribution in [0.25, 0.3) is 11.4 Å². The van der Waals surface area contributed by atoms with Gasteiger partial charge in [-0.3, -0.25) is 0 Å². The van der Waals surface area contributed by atoms with Gasteiger partial charge in [-0.25, -0.2) is 4.79 Å². The molecule has 4 rings (SSSR count). The SMILES string of the molecule is CCC(C)(NC(=O)N1CC(C)(c2nc(-c3ccccc3)no2)CC1C)c1ccc(C)cc1. The summed E-state index contributed by atoms with van der Waals surface area (Å²) in [6, 6.07) is 18.2. The number of hydrogen-bond acceptors (Lipinski definition) is 4. The molecule has 2 heterocycles. The predicted molar refractivity (Wildman–Crippen MR) is 125 cm³/mol. The zero-order chi connectivity index (χ0) is 22.9. The second-order valence-corrected chi connectivity index (χ2v) is 9.51. The average molecular weight is 433 g/mol. The highest BCUT2D eigenvalue weighted by Crippen LogP contribution is 2.38. The van der Waals surface area contributed by atoms with E-state index in [0.29, 0.717) is 18.3 Å². The maximum atomic E-state index is 13.4. The molecule has 6 heteroatoms. The van der Waals surface area contributed by atoms with Gasteiger partial charge in [0, 0.05) is 18.2 Å². The molecule has 3 aromatic rings. The van der Waals surface area contributed by atoms with Crippen LogP contribution >= 0.6 is 0 Å². The number of carbonyl (C=O) groups is 1. The highest BCUT2D eigenvalue weighted by atomic mass is 16.5. The van der Waals surface area contributed by atoms with Crippen molar-refractivity contribution in [3.05, 3.63) is 71.6 Å². The molecule has 32 heavy (non-hydrogen) atoms. The van der Waals surface area contributed by atoms with Crippen LogP contribution in [0.2, 0.25) is 0 Å². The summed E-state index contributed by atoms with van der Waals surface area (Å²) >= 11 is 0. The number of rotatable bonds is 5. The number of carbonyl (C=O) groups excluding carboxylic acids is 1. The summed E-state index contributed by atoms with van der Waals surface area (Å²) in [4.78, 5) is 19.9. The van der Waals surface area contributed by atoms with E-state index in [-0.39, 0.29) is 17.5 Å². The van der Waals surface area contributed by atoms with Crippen LogP contribution in [0, 0.1) is 6.92 Å². The highest BCUT2D eigenvalue weighted by molar-refractivity contribution is 5.76. The molecule has 6 nitrogen and oxygen atoms in total. The fourth-order valence-corrected chi connectivity index (χ4v) is 4.55. The fraction of sp³-hybridized carbons (Fsp3) is 0.423. The zero-order valence-corrected chi connectivity index (χ0v) is 19.6.